The van der Waals surface area contributed by atoms with E-state index < -0.39 is 0 Å². The van der Waals surface area contributed by atoms with Gasteiger partial charge in [0.15, 0.2) is 0 Å². The molecular weight excluding hydrogens is 312 g/mol. The summed E-state index contributed by atoms with van der Waals surface area (Å²) in [5.74, 6) is 0. The lowest BCUT2D eigenvalue weighted by atomic mass is 10.1. The van der Waals surface area contributed by atoms with Gasteiger partial charge >= 0.3 is 0 Å². The van der Waals surface area contributed by atoms with Gasteiger partial charge < -0.3 is 5.32 Å². The van der Waals surface area contributed by atoms with Crippen LogP contribution in [0.25, 0.3) is 0 Å². The fourth-order valence-corrected chi connectivity index (χ4v) is 2.75. The topological polar surface area (TPSA) is 50.7 Å². The second-order valence-electron chi connectivity index (χ2n) is 4.00. The number of nitrogens with one attached hydrogen (secondary N) is 1. The van der Waals surface area contributed by atoms with Gasteiger partial charge in [-0.05, 0) is 53.1 Å². The Balaban J connectivity index is 2.16. The summed E-state index contributed by atoms with van der Waals surface area (Å²) >= 11 is 4.86. The maximum absolute atomic E-state index is 4.42. The summed E-state index contributed by atoms with van der Waals surface area (Å²) in [4.78, 5) is 5.61. The lowest BCUT2D eigenvalue weighted by molar-refractivity contribution is 0.549. The molecule has 0 saturated carbocycles. The van der Waals surface area contributed by atoms with Gasteiger partial charge in [0.05, 0.1) is 16.6 Å². The first-order valence-corrected chi connectivity index (χ1v) is 7.40. The van der Waals surface area contributed by atoms with Crippen molar-refractivity contribution in [2.45, 2.75) is 26.3 Å². The Bertz CT molecular complexity index is 497. The predicted octanol–water partition coefficient (Wildman–Crippen LogP) is 2.90. The average molecular weight is 327 g/mol. The van der Waals surface area contributed by atoms with Crippen LogP contribution in [-0.4, -0.2) is 21.1 Å². The molecule has 2 aromatic rings. The molecule has 6 heteroatoms. The smallest absolute Gasteiger partial charge is 0.0772 e. The molecule has 2 heterocycles. The highest BCUT2D eigenvalue weighted by atomic mass is 79.9. The molecule has 1 N–H and O–H groups in total. The fourth-order valence-electron chi connectivity index (χ4n) is 1.80. The van der Waals surface area contributed by atoms with E-state index in [4.69, 9.17) is 0 Å². The van der Waals surface area contributed by atoms with Gasteiger partial charge in [0.2, 0.25) is 0 Å². The number of hydrogen-bond acceptors (Lipinski definition) is 5. The highest BCUT2D eigenvalue weighted by molar-refractivity contribution is 9.10. The molecule has 0 radical (unpaired) electrons. The third-order valence-corrected chi connectivity index (χ3v) is 4.06. The quantitative estimate of drug-likeness (QED) is 0.917. The van der Waals surface area contributed by atoms with E-state index in [1.165, 1.54) is 16.4 Å². The maximum Gasteiger partial charge on any atom is 0.0772 e. The molecule has 1 atom stereocenters. The van der Waals surface area contributed by atoms with Crippen molar-refractivity contribution in [3.05, 3.63) is 39.1 Å². The summed E-state index contributed by atoms with van der Waals surface area (Å²) < 4.78 is 5.01. The number of pyridine rings is 1. The third-order valence-electron chi connectivity index (χ3n) is 2.66. The molecule has 96 valence electrons. The monoisotopic (exact) mass is 326 g/mol. The Labute approximate surface area is 119 Å². The summed E-state index contributed by atoms with van der Waals surface area (Å²) in [6.07, 6.45) is 2.68. The number of likely N-dealkylation sites (N-methyl/N-ethyl adjacent to an activating group) is 1. The van der Waals surface area contributed by atoms with Crippen molar-refractivity contribution < 1.29 is 0 Å². The van der Waals surface area contributed by atoms with E-state index in [2.05, 4.69) is 42.7 Å². The fraction of sp³-hybridized carbons (Fsp3) is 0.417. The van der Waals surface area contributed by atoms with Crippen molar-refractivity contribution in [1.82, 2.24) is 19.9 Å². The van der Waals surface area contributed by atoms with Gasteiger partial charge in [0, 0.05) is 22.8 Å². The second kappa shape index (κ2) is 6.36. The van der Waals surface area contributed by atoms with E-state index in [1.54, 1.807) is 0 Å². The van der Waals surface area contributed by atoms with E-state index >= 15 is 0 Å². The van der Waals surface area contributed by atoms with Crippen LogP contribution in [0.5, 0.6) is 0 Å². The van der Waals surface area contributed by atoms with Crippen molar-refractivity contribution in [3.8, 4) is 0 Å². The van der Waals surface area contributed by atoms with Crippen LogP contribution in [-0.2, 0) is 6.42 Å². The highest BCUT2D eigenvalue weighted by Gasteiger charge is 2.17. The second-order valence-corrected chi connectivity index (χ2v) is 5.71. The van der Waals surface area contributed by atoms with Crippen LogP contribution >= 0.6 is 27.5 Å². The van der Waals surface area contributed by atoms with Crippen molar-refractivity contribution in [2.75, 3.05) is 6.54 Å². The van der Waals surface area contributed by atoms with Gasteiger partial charge in [0.25, 0.3) is 0 Å². The molecule has 0 fully saturated rings. The minimum atomic E-state index is 0.240. The maximum atomic E-state index is 4.42. The molecule has 0 aliphatic rings. The number of halogens is 1. The standard InChI is InChI=1S/C12H15BrN4S/c1-3-14-11(12-8(2)16-17-18-12)6-10-5-4-9(13)7-15-10/h4-5,7,11,14H,3,6H2,1-2H3. The number of rotatable bonds is 5. The molecule has 0 bridgehead atoms. The van der Waals surface area contributed by atoms with E-state index in [1.807, 2.05) is 25.3 Å². The number of aryl methyl sites for hydroxylation is 1. The Morgan fingerprint density at radius 3 is 2.83 bits per heavy atom. The van der Waals surface area contributed by atoms with Crippen LogP contribution < -0.4 is 5.32 Å². The Kier molecular flexibility index (Phi) is 4.79. The first kappa shape index (κ1) is 13.6. The molecule has 0 amide bonds. The van der Waals surface area contributed by atoms with Gasteiger partial charge in [-0.3, -0.25) is 4.98 Å². The van der Waals surface area contributed by atoms with Crippen LogP contribution in [0.15, 0.2) is 22.8 Å². The van der Waals surface area contributed by atoms with Crippen LogP contribution in [0, 0.1) is 6.92 Å². The summed E-state index contributed by atoms with van der Waals surface area (Å²) in [6, 6.07) is 4.30. The summed E-state index contributed by atoms with van der Waals surface area (Å²) in [6.45, 7) is 5.02. The predicted molar refractivity (Wildman–Crippen MR) is 76.7 cm³/mol. The van der Waals surface area contributed by atoms with E-state index in [9.17, 15) is 0 Å². The minimum Gasteiger partial charge on any atom is -0.309 e. The summed E-state index contributed by atoms with van der Waals surface area (Å²) in [7, 11) is 0. The molecule has 0 aliphatic heterocycles. The van der Waals surface area contributed by atoms with Crippen molar-refractivity contribution in [3.63, 3.8) is 0 Å². The number of hydrogen-bond donors (Lipinski definition) is 1. The van der Waals surface area contributed by atoms with Crippen molar-refractivity contribution in [2.24, 2.45) is 0 Å². The van der Waals surface area contributed by atoms with Crippen LogP contribution in [0.4, 0.5) is 0 Å². The molecule has 18 heavy (non-hydrogen) atoms. The molecule has 1 unspecified atom stereocenters. The van der Waals surface area contributed by atoms with Crippen LogP contribution in [0.1, 0.15) is 29.2 Å². The van der Waals surface area contributed by atoms with Gasteiger partial charge in [-0.2, -0.15) is 0 Å². The zero-order chi connectivity index (χ0) is 13.0. The Morgan fingerprint density at radius 1 is 1.44 bits per heavy atom. The normalized spacial score (nSPS) is 12.6. The number of nitrogens with zero attached hydrogens (tertiary/aromatic N) is 3. The number of aromatic nitrogens is 3. The third kappa shape index (κ3) is 3.34. The van der Waals surface area contributed by atoms with Gasteiger partial charge in [-0.1, -0.05) is 11.4 Å². The zero-order valence-electron chi connectivity index (χ0n) is 10.4. The average Bonchev–Trinajstić information content (AvgIpc) is 2.78. The largest absolute Gasteiger partial charge is 0.309 e. The van der Waals surface area contributed by atoms with Crippen LogP contribution in [0.2, 0.25) is 0 Å². The van der Waals surface area contributed by atoms with E-state index in [0.717, 1.165) is 28.8 Å². The molecule has 0 saturated heterocycles. The van der Waals surface area contributed by atoms with E-state index in [0.29, 0.717) is 0 Å². The highest BCUT2D eigenvalue weighted by Crippen LogP contribution is 2.23. The molecule has 0 aliphatic carbocycles. The van der Waals surface area contributed by atoms with Gasteiger partial charge in [-0.25, -0.2) is 0 Å². The van der Waals surface area contributed by atoms with Crippen molar-refractivity contribution in [1.29, 1.82) is 0 Å². The Hall–Kier alpha value is -0.850. The molecule has 0 spiro atoms. The molecular formula is C12H15BrN4S. The molecule has 2 aromatic heterocycles. The van der Waals surface area contributed by atoms with Gasteiger partial charge in [0.1, 0.15) is 0 Å². The van der Waals surface area contributed by atoms with Crippen molar-refractivity contribution >= 4 is 27.5 Å². The molecule has 2 rings (SSSR count). The first-order chi connectivity index (χ1) is 8.70. The molecule has 0 aromatic carbocycles. The SMILES string of the molecule is CCNC(Cc1ccc(Br)cn1)c1snnc1C. The first-order valence-electron chi connectivity index (χ1n) is 5.83. The van der Waals surface area contributed by atoms with Gasteiger partial charge in [-0.15, -0.1) is 5.10 Å². The molecule has 4 nitrogen and oxygen atoms in total. The lowest BCUT2D eigenvalue weighted by Crippen LogP contribution is -2.23. The Morgan fingerprint density at radius 2 is 2.28 bits per heavy atom. The summed E-state index contributed by atoms with van der Waals surface area (Å²) in [5, 5.41) is 7.54. The lowest BCUT2D eigenvalue weighted by Gasteiger charge is -2.16. The minimum absolute atomic E-state index is 0.240. The van der Waals surface area contributed by atoms with E-state index in [-0.39, 0.29) is 6.04 Å². The zero-order valence-corrected chi connectivity index (χ0v) is 12.8. The summed E-state index contributed by atoms with van der Waals surface area (Å²) in [5.41, 5.74) is 2.07. The van der Waals surface area contributed by atoms with Crippen LogP contribution in [0.3, 0.4) is 0 Å².